The average Bonchev–Trinajstić information content (AvgIpc) is 2.44. The molecule has 0 aliphatic heterocycles. The van der Waals surface area contributed by atoms with Gasteiger partial charge in [-0.15, -0.1) is 0 Å². The maximum Gasteiger partial charge on any atom is 0.252 e. The van der Waals surface area contributed by atoms with Crippen LogP contribution in [0.2, 0.25) is 0 Å². The van der Waals surface area contributed by atoms with Gasteiger partial charge >= 0.3 is 0 Å². The van der Waals surface area contributed by atoms with E-state index >= 15 is 0 Å². The molecule has 0 fully saturated rings. The van der Waals surface area contributed by atoms with Gasteiger partial charge in [-0.1, -0.05) is 24.3 Å². The van der Waals surface area contributed by atoms with Gasteiger partial charge in [-0.3, -0.25) is 9.78 Å². The molecule has 1 heterocycles. The topological polar surface area (TPSA) is 70.1 Å². The van der Waals surface area contributed by atoms with Gasteiger partial charge in [-0.2, -0.15) is 5.10 Å². The van der Waals surface area contributed by atoms with Crippen LogP contribution >= 0.6 is 0 Å². The number of rotatable bonds is 2. The van der Waals surface area contributed by atoms with Crippen LogP contribution in [0.25, 0.3) is 0 Å². The molecule has 1 aromatic carbocycles. The Balaban J connectivity index is 1.88. The number of nitrogens with one attached hydrogen (secondary N) is 2. The van der Waals surface area contributed by atoms with Crippen molar-refractivity contribution in [2.75, 3.05) is 5.43 Å². The summed E-state index contributed by atoms with van der Waals surface area (Å²) in [6, 6.07) is 9.74. The normalized spacial score (nSPS) is 15.9. The minimum Gasteiger partial charge on any atom is -0.291 e. The van der Waals surface area contributed by atoms with E-state index in [9.17, 15) is 4.79 Å². The lowest BCUT2D eigenvalue weighted by atomic mass is 9.90. The number of hydrogen-bond donors (Lipinski definition) is 2. The molecule has 3 rings (SSSR count). The van der Waals surface area contributed by atoms with Gasteiger partial charge in [0.1, 0.15) is 0 Å². The molecule has 5 nitrogen and oxygen atoms in total. The van der Waals surface area contributed by atoms with Crippen LogP contribution in [0.1, 0.15) is 29.7 Å². The van der Waals surface area contributed by atoms with E-state index < -0.39 is 0 Å². The van der Waals surface area contributed by atoms with E-state index in [1.54, 1.807) is 6.92 Å². The van der Waals surface area contributed by atoms with E-state index in [4.69, 9.17) is 0 Å². The first-order valence-electron chi connectivity index (χ1n) is 6.71. The van der Waals surface area contributed by atoms with Crippen molar-refractivity contribution in [1.82, 2.24) is 9.97 Å². The molecule has 0 amide bonds. The standard InChI is InChI=1S/C15H16N4O/c1-10-9-14(20)17-15(16-10)19-18-13-8-4-6-11-5-2-3-7-12(11)13/h2-3,5,7,9H,4,6,8H2,1H3,(H2,16,17,19,20)/b18-13+. The van der Waals surface area contributed by atoms with Crippen molar-refractivity contribution in [2.24, 2.45) is 5.10 Å². The summed E-state index contributed by atoms with van der Waals surface area (Å²) in [5.41, 5.74) is 6.86. The summed E-state index contributed by atoms with van der Waals surface area (Å²) in [6.45, 7) is 1.78. The lowest BCUT2D eigenvalue weighted by molar-refractivity contribution is 0.836. The minimum absolute atomic E-state index is 0.177. The highest BCUT2D eigenvalue weighted by Crippen LogP contribution is 2.21. The fourth-order valence-electron chi connectivity index (χ4n) is 2.47. The summed E-state index contributed by atoms with van der Waals surface area (Å²) < 4.78 is 0. The van der Waals surface area contributed by atoms with Crippen LogP contribution in [0, 0.1) is 6.92 Å². The molecule has 2 N–H and O–H groups in total. The van der Waals surface area contributed by atoms with Gasteiger partial charge < -0.3 is 0 Å². The highest BCUT2D eigenvalue weighted by atomic mass is 16.1. The molecule has 0 bridgehead atoms. The van der Waals surface area contributed by atoms with Crippen LogP contribution in [-0.2, 0) is 6.42 Å². The van der Waals surface area contributed by atoms with Gasteiger partial charge in [0.05, 0.1) is 5.71 Å². The van der Waals surface area contributed by atoms with Gasteiger partial charge in [0, 0.05) is 17.3 Å². The monoisotopic (exact) mass is 268 g/mol. The Morgan fingerprint density at radius 3 is 3.00 bits per heavy atom. The van der Waals surface area contributed by atoms with E-state index in [0.29, 0.717) is 11.6 Å². The molecule has 0 saturated carbocycles. The second kappa shape index (κ2) is 5.28. The third-order valence-electron chi connectivity index (χ3n) is 3.35. The Bertz CT molecular complexity index is 718. The van der Waals surface area contributed by atoms with Crippen molar-refractivity contribution in [1.29, 1.82) is 0 Å². The average molecular weight is 268 g/mol. The van der Waals surface area contributed by atoms with Gasteiger partial charge in [0.2, 0.25) is 5.95 Å². The number of benzene rings is 1. The third kappa shape index (κ3) is 2.61. The number of aromatic nitrogens is 2. The van der Waals surface area contributed by atoms with Crippen LogP contribution in [0.3, 0.4) is 0 Å². The first-order chi connectivity index (χ1) is 9.72. The fraction of sp³-hybridized carbons (Fsp3) is 0.267. The summed E-state index contributed by atoms with van der Waals surface area (Å²) in [5, 5.41) is 4.41. The van der Waals surface area contributed by atoms with Crippen molar-refractivity contribution in [3.63, 3.8) is 0 Å². The number of hydrogen-bond acceptors (Lipinski definition) is 4. The number of hydrazone groups is 1. The Labute approximate surface area is 116 Å². The Kier molecular flexibility index (Phi) is 3.33. The van der Waals surface area contributed by atoms with Crippen molar-refractivity contribution in [2.45, 2.75) is 26.2 Å². The molecule has 0 saturated heterocycles. The quantitative estimate of drug-likeness (QED) is 0.820. The zero-order chi connectivity index (χ0) is 13.9. The van der Waals surface area contributed by atoms with Crippen molar-refractivity contribution < 1.29 is 0 Å². The second-order valence-corrected chi connectivity index (χ2v) is 4.92. The predicted octanol–water partition coefficient (Wildman–Crippen LogP) is 2.23. The SMILES string of the molecule is Cc1cc(=O)[nH]c(N/N=C2\CCCc3ccccc32)n1. The molecule has 5 heteroatoms. The van der Waals surface area contributed by atoms with E-state index in [1.165, 1.54) is 17.2 Å². The molecular weight excluding hydrogens is 252 g/mol. The van der Waals surface area contributed by atoms with E-state index in [1.807, 2.05) is 6.07 Å². The van der Waals surface area contributed by atoms with Gasteiger partial charge in [-0.05, 0) is 31.7 Å². The van der Waals surface area contributed by atoms with E-state index in [0.717, 1.165) is 25.0 Å². The molecule has 0 spiro atoms. The summed E-state index contributed by atoms with van der Waals surface area (Å²) >= 11 is 0. The Morgan fingerprint density at radius 1 is 1.30 bits per heavy atom. The summed E-state index contributed by atoms with van der Waals surface area (Å²) in [7, 11) is 0. The van der Waals surface area contributed by atoms with Crippen LogP contribution in [0.5, 0.6) is 0 Å². The van der Waals surface area contributed by atoms with Crippen molar-refractivity contribution >= 4 is 11.7 Å². The summed E-state index contributed by atoms with van der Waals surface area (Å²) in [6.07, 6.45) is 3.12. The zero-order valence-electron chi connectivity index (χ0n) is 11.3. The van der Waals surface area contributed by atoms with Crippen LogP contribution < -0.4 is 11.0 Å². The molecule has 102 valence electrons. The first kappa shape index (κ1) is 12.6. The Hall–Kier alpha value is -2.43. The Morgan fingerprint density at radius 2 is 2.15 bits per heavy atom. The fourth-order valence-corrected chi connectivity index (χ4v) is 2.47. The largest absolute Gasteiger partial charge is 0.291 e. The number of H-pyrrole nitrogens is 1. The van der Waals surface area contributed by atoms with Gasteiger partial charge in [0.15, 0.2) is 0 Å². The van der Waals surface area contributed by atoms with Crippen LogP contribution in [0.15, 0.2) is 40.2 Å². The molecule has 0 unspecified atom stereocenters. The third-order valence-corrected chi connectivity index (χ3v) is 3.35. The number of nitrogens with zero attached hydrogens (tertiary/aromatic N) is 2. The number of fused-ring (bicyclic) bond motifs is 1. The highest BCUT2D eigenvalue weighted by molar-refractivity contribution is 6.02. The molecule has 1 aliphatic rings. The number of aromatic amines is 1. The van der Waals surface area contributed by atoms with Crippen molar-refractivity contribution in [3.05, 3.63) is 57.5 Å². The van der Waals surface area contributed by atoms with Crippen molar-refractivity contribution in [3.8, 4) is 0 Å². The summed E-state index contributed by atoms with van der Waals surface area (Å²) in [4.78, 5) is 18.2. The minimum atomic E-state index is -0.177. The van der Waals surface area contributed by atoms with Gasteiger partial charge in [0.25, 0.3) is 5.56 Å². The summed E-state index contributed by atoms with van der Waals surface area (Å²) in [5.74, 6) is 0.380. The van der Waals surface area contributed by atoms with E-state index in [-0.39, 0.29) is 5.56 Å². The molecular formula is C15H16N4O. The zero-order valence-corrected chi connectivity index (χ0v) is 11.3. The maximum atomic E-state index is 11.4. The lowest BCUT2D eigenvalue weighted by Gasteiger charge is -2.17. The van der Waals surface area contributed by atoms with E-state index in [2.05, 4.69) is 38.7 Å². The number of aryl methyl sites for hydroxylation is 2. The smallest absolute Gasteiger partial charge is 0.252 e. The molecule has 1 aliphatic carbocycles. The first-order valence-corrected chi connectivity index (χ1v) is 6.71. The predicted molar refractivity (Wildman–Crippen MR) is 79.1 cm³/mol. The highest BCUT2D eigenvalue weighted by Gasteiger charge is 2.14. The van der Waals surface area contributed by atoms with Crippen LogP contribution in [-0.4, -0.2) is 15.7 Å². The molecule has 0 radical (unpaired) electrons. The second-order valence-electron chi connectivity index (χ2n) is 4.92. The molecule has 2 aromatic rings. The maximum absolute atomic E-state index is 11.4. The molecule has 20 heavy (non-hydrogen) atoms. The lowest BCUT2D eigenvalue weighted by Crippen LogP contribution is -2.15. The molecule has 0 atom stereocenters. The number of anilines is 1. The van der Waals surface area contributed by atoms with Gasteiger partial charge in [-0.25, -0.2) is 10.4 Å². The van der Waals surface area contributed by atoms with Crippen LogP contribution in [0.4, 0.5) is 5.95 Å². The molecule has 1 aromatic heterocycles.